The second-order valence-corrected chi connectivity index (χ2v) is 3.51. The molecule has 0 aromatic heterocycles. The number of carbonyl (C=O) groups is 1. The second kappa shape index (κ2) is 5.80. The summed E-state index contributed by atoms with van der Waals surface area (Å²) < 4.78 is 26.6. The monoisotopic (exact) mass is 247 g/mol. The average Bonchev–Trinajstić information content (AvgIpc) is 2.28. The molecular formula is C11H12ClF2NO. The Kier molecular flexibility index (Phi) is 4.68. The first-order valence-electron chi connectivity index (χ1n) is 4.86. The van der Waals surface area contributed by atoms with Crippen LogP contribution in [0.2, 0.25) is 0 Å². The fraction of sp³-hybridized carbons (Fsp3) is 0.364. The molecule has 0 aliphatic carbocycles. The van der Waals surface area contributed by atoms with E-state index in [1.54, 1.807) is 6.92 Å². The predicted octanol–water partition coefficient (Wildman–Crippen LogP) is 2.55. The van der Waals surface area contributed by atoms with E-state index in [0.717, 1.165) is 12.1 Å². The van der Waals surface area contributed by atoms with Gasteiger partial charge in [-0.2, -0.15) is 0 Å². The van der Waals surface area contributed by atoms with Gasteiger partial charge in [-0.05, 0) is 19.1 Å². The van der Waals surface area contributed by atoms with Crippen LogP contribution >= 0.6 is 11.6 Å². The van der Waals surface area contributed by atoms with Gasteiger partial charge in [0.05, 0.1) is 6.54 Å². The Morgan fingerprint density at radius 2 is 1.94 bits per heavy atom. The molecule has 0 bridgehead atoms. The van der Waals surface area contributed by atoms with Gasteiger partial charge in [0.25, 0.3) is 0 Å². The van der Waals surface area contributed by atoms with Gasteiger partial charge in [-0.15, -0.1) is 11.6 Å². The van der Waals surface area contributed by atoms with E-state index in [0.29, 0.717) is 6.54 Å². The van der Waals surface area contributed by atoms with Gasteiger partial charge in [0.1, 0.15) is 17.5 Å². The summed E-state index contributed by atoms with van der Waals surface area (Å²) in [4.78, 5) is 12.6. The van der Waals surface area contributed by atoms with Crippen molar-refractivity contribution >= 4 is 17.5 Å². The van der Waals surface area contributed by atoms with Crippen LogP contribution in [0.5, 0.6) is 0 Å². The maximum Gasteiger partial charge on any atom is 0.237 e. The van der Waals surface area contributed by atoms with Crippen LogP contribution in [0.15, 0.2) is 18.2 Å². The number of amides is 1. The van der Waals surface area contributed by atoms with Crippen LogP contribution in [0.3, 0.4) is 0 Å². The highest BCUT2D eigenvalue weighted by molar-refractivity contribution is 6.27. The number of halogens is 3. The molecule has 0 aliphatic rings. The standard InChI is InChI=1S/C11H12ClF2NO/c1-2-15(11(16)6-12)7-8-9(13)4-3-5-10(8)14/h3-5H,2,6-7H2,1H3. The molecule has 0 radical (unpaired) electrons. The number of hydrogen-bond donors (Lipinski definition) is 0. The Balaban J connectivity index is 2.90. The minimum atomic E-state index is -0.652. The van der Waals surface area contributed by atoms with Crippen molar-refractivity contribution in [3.8, 4) is 0 Å². The molecule has 1 rings (SSSR count). The highest BCUT2D eigenvalue weighted by Crippen LogP contribution is 2.14. The first-order chi connectivity index (χ1) is 7.60. The van der Waals surface area contributed by atoms with Gasteiger partial charge >= 0.3 is 0 Å². The summed E-state index contributed by atoms with van der Waals surface area (Å²) in [6, 6.07) is 3.61. The number of hydrogen-bond acceptors (Lipinski definition) is 1. The molecule has 1 aromatic rings. The Morgan fingerprint density at radius 3 is 2.38 bits per heavy atom. The molecule has 0 N–H and O–H groups in total. The summed E-state index contributed by atoms with van der Waals surface area (Å²) >= 11 is 5.39. The molecule has 0 unspecified atom stereocenters. The SMILES string of the molecule is CCN(Cc1c(F)cccc1F)C(=O)CCl. The maximum absolute atomic E-state index is 13.3. The zero-order valence-corrected chi connectivity index (χ0v) is 9.60. The number of nitrogens with zero attached hydrogens (tertiary/aromatic N) is 1. The summed E-state index contributed by atoms with van der Waals surface area (Å²) in [5, 5.41) is 0. The molecule has 0 spiro atoms. The number of rotatable bonds is 4. The van der Waals surface area contributed by atoms with Crippen LogP contribution in [-0.4, -0.2) is 23.2 Å². The fourth-order valence-corrected chi connectivity index (χ4v) is 1.50. The topological polar surface area (TPSA) is 20.3 Å². The van der Waals surface area contributed by atoms with E-state index in [4.69, 9.17) is 11.6 Å². The van der Waals surface area contributed by atoms with Crippen molar-refractivity contribution in [2.45, 2.75) is 13.5 Å². The molecule has 16 heavy (non-hydrogen) atoms. The highest BCUT2D eigenvalue weighted by atomic mass is 35.5. The fourth-order valence-electron chi connectivity index (χ4n) is 1.34. The Bertz CT molecular complexity index is 364. The molecule has 88 valence electrons. The van der Waals surface area contributed by atoms with Crippen molar-refractivity contribution in [2.75, 3.05) is 12.4 Å². The zero-order chi connectivity index (χ0) is 12.1. The highest BCUT2D eigenvalue weighted by Gasteiger charge is 2.15. The van der Waals surface area contributed by atoms with Gasteiger partial charge in [0.15, 0.2) is 0 Å². The van der Waals surface area contributed by atoms with E-state index in [1.165, 1.54) is 11.0 Å². The van der Waals surface area contributed by atoms with E-state index in [2.05, 4.69) is 0 Å². The van der Waals surface area contributed by atoms with Gasteiger partial charge in [-0.25, -0.2) is 8.78 Å². The van der Waals surface area contributed by atoms with Crippen LogP contribution in [0.25, 0.3) is 0 Å². The van der Waals surface area contributed by atoms with Gasteiger partial charge in [0, 0.05) is 12.1 Å². The summed E-state index contributed by atoms with van der Waals surface area (Å²) in [5.74, 6) is -1.84. The third-order valence-electron chi connectivity index (χ3n) is 2.26. The first kappa shape index (κ1) is 12.9. The predicted molar refractivity (Wildman–Crippen MR) is 58.2 cm³/mol. The molecule has 1 aromatic carbocycles. The van der Waals surface area contributed by atoms with E-state index in [9.17, 15) is 13.6 Å². The summed E-state index contributed by atoms with van der Waals surface area (Å²) in [7, 11) is 0. The van der Waals surface area contributed by atoms with Crippen molar-refractivity contribution in [1.82, 2.24) is 4.90 Å². The lowest BCUT2D eigenvalue weighted by atomic mass is 10.2. The third-order valence-corrected chi connectivity index (χ3v) is 2.49. The van der Waals surface area contributed by atoms with Crippen molar-refractivity contribution in [1.29, 1.82) is 0 Å². The van der Waals surface area contributed by atoms with Gasteiger partial charge in [-0.1, -0.05) is 6.07 Å². The minimum Gasteiger partial charge on any atom is -0.337 e. The molecule has 5 heteroatoms. The van der Waals surface area contributed by atoms with Gasteiger partial charge < -0.3 is 4.90 Å². The second-order valence-electron chi connectivity index (χ2n) is 3.24. The molecular weight excluding hydrogens is 236 g/mol. The minimum absolute atomic E-state index is 0.0967. The largest absolute Gasteiger partial charge is 0.337 e. The summed E-state index contributed by atoms with van der Waals surface area (Å²) in [6.45, 7) is 1.99. The van der Waals surface area contributed by atoms with Gasteiger partial charge in [0.2, 0.25) is 5.91 Å². The van der Waals surface area contributed by atoms with Crippen LogP contribution in [0, 0.1) is 11.6 Å². The molecule has 0 fully saturated rings. The Morgan fingerprint density at radius 1 is 1.38 bits per heavy atom. The van der Waals surface area contributed by atoms with Crippen LogP contribution in [0.1, 0.15) is 12.5 Å². The van der Waals surface area contributed by atoms with Crippen molar-refractivity contribution < 1.29 is 13.6 Å². The Hall–Kier alpha value is -1.16. The lowest BCUT2D eigenvalue weighted by molar-refractivity contribution is -0.128. The van der Waals surface area contributed by atoms with E-state index < -0.39 is 11.6 Å². The van der Waals surface area contributed by atoms with Crippen molar-refractivity contribution in [3.63, 3.8) is 0 Å². The average molecular weight is 248 g/mol. The molecule has 0 saturated carbocycles. The smallest absolute Gasteiger partial charge is 0.237 e. The lowest BCUT2D eigenvalue weighted by Crippen LogP contribution is -2.31. The lowest BCUT2D eigenvalue weighted by Gasteiger charge is -2.20. The molecule has 2 nitrogen and oxygen atoms in total. The molecule has 0 atom stereocenters. The quantitative estimate of drug-likeness (QED) is 0.749. The maximum atomic E-state index is 13.3. The van der Waals surface area contributed by atoms with E-state index in [-0.39, 0.29) is 23.9 Å². The van der Waals surface area contributed by atoms with Gasteiger partial charge in [-0.3, -0.25) is 4.79 Å². The molecule has 0 aliphatic heterocycles. The zero-order valence-electron chi connectivity index (χ0n) is 8.84. The normalized spacial score (nSPS) is 10.2. The van der Waals surface area contributed by atoms with E-state index >= 15 is 0 Å². The third kappa shape index (κ3) is 2.92. The molecule has 0 saturated heterocycles. The number of benzene rings is 1. The summed E-state index contributed by atoms with van der Waals surface area (Å²) in [5.41, 5.74) is -0.109. The first-order valence-corrected chi connectivity index (χ1v) is 5.40. The Labute approximate surface area is 97.8 Å². The van der Waals surface area contributed by atoms with Crippen molar-refractivity contribution in [3.05, 3.63) is 35.4 Å². The van der Waals surface area contributed by atoms with Crippen LogP contribution in [-0.2, 0) is 11.3 Å². The molecule has 1 amide bonds. The summed E-state index contributed by atoms with van der Waals surface area (Å²) in [6.07, 6.45) is 0. The van der Waals surface area contributed by atoms with E-state index in [1.807, 2.05) is 0 Å². The van der Waals surface area contributed by atoms with Crippen LogP contribution < -0.4 is 0 Å². The van der Waals surface area contributed by atoms with Crippen molar-refractivity contribution in [2.24, 2.45) is 0 Å². The molecule has 0 heterocycles. The van der Waals surface area contributed by atoms with Crippen LogP contribution in [0.4, 0.5) is 8.78 Å². The number of alkyl halides is 1. The number of carbonyl (C=O) groups excluding carboxylic acids is 1.